The first kappa shape index (κ1) is 12.9. The van der Waals surface area contributed by atoms with Crippen molar-refractivity contribution in [2.45, 2.75) is 13.3 Å². The van der Waals surface area contributed by atoms with Crippen molar-refractivity contribution in [1.29, 1.82) is 0 Å². The summed E-state index contributed by atoms with van der Waals surface area (Å²) >= 11 is 0. The second kappa shape index (κ2) is 5.01. The summed E-state index contributed by atoms with van der Waals surface area (Å²) in [6, 6.07) is 5.36. The van der Waals surface area contributed by atoms with Crippen molar-refractivity contribution in [2.75, 3.05) is 18.6 Å². The maximum atomic E-state index is 11.4. The fourth-order valence-electron chi connectivity index (χ4n) is 1.93. The number of aromatic amines is 1. The number of methoxy groups -OCH3 is 1. The third-order valence-corrected chi connectivity index (χ3v) is 2.94. The van der Waals surface area contributed by atoms with Crippen molar-refractivity contribution < 1.29 is 9.53 Å². The van der Waals surface area contributed by atoms with Gasteiger partial charge in [-0.25, -0.2) is 0 Å². The van der Waals surface area contributed by atoms with Crippen LogP contribution in [0.2, 0.25) is 0 Å². The number of nitrogens with two attached hydrogens (primary N) is 2. The van der Waals surface area contributed by atoms with Crippen LogP contribution in [-0.2, 0) is 16.0 Å². The van der Waals surface area contributed by atoms with E-state index in [9.17, 15) is 4.79 Å². The number of aromatic nitrogens is 2. The molecule has 5 N–H and O–H groups in total. The van der Waals surface area contributed by atoms with Crippen LogP contribution in [-0.4, -0.2) is 23.3 Å². The minimum atomic E-state index is -0.337. The smallest absolute Gasteiger partial charge is 0.311 e. The summed E-state index contributed by atoms with van der Waals surface area (Å²) in [5, 5.41) is 7.00. The van der Waals surface area contributed by atoms with Crippen LogP contribution < -0.4 is 11.5 Å². The van der Waals surface area contributed by atoms with Gasteiger partial charge in [0.05, 0.1) is 30.6 Å². The van der Waals surface area contributed by atoms with Crippen LogP contribution in [0.15, 0.2) is 18.2 Å². The zero-order valence-electron chi connectivity index (χ0n) is 10.9. The number of carbonyl (C=O) groups excluding carboxylic acids is 1. The van der Waals surface area contributed by atoms with E-state index in [-0.39, 0.29) is 12.4 Å². The number of hydrogen-bond acceptors (Lipinski definition) is 5. The van der Waals surface area contributed by atoms with E-state index in [1.165, 1.54) is 7.11 Å². The average molecular weight is 260 g/mol. The van der Waals surface area contributed by atoms with Gasteiger partial charge in [0.25, 0.3) is 0 Å². The summed E-state index contributed by atoms with van der Waals surface area (Å²) in [5.41, 5.74) is 15.8. The van der Waals surface area contributed by atoms with Crippen LogP contribution in [0.25, 0.3) is 11.1 Å². The number of H-pyrrole nitrogens is 1. The lowest BCUT2D eigenvalue weighted by atomic mass is 10.0. The molecule has 0 amide bonds. The summed E-state index contributed by atoms with van der Waals surface area (Å²) in [6.07, 6.45) is 0.112. The first-order valence-electron chi connectivity index (χ1n) is 5.79. The molecule has 19 heavy (non-hydrogen) atoms. The number of carbonyl (C=O) groups is 1. The Morgan fingerprint density at radius 1 is 1.37 bits per heavy atom. The lowest BCUT2D eigenvalue weighted by molar-refractivity contribution is -0.139. The maximum absolute atomic E-state index is 11.4. The summed E-state index contributed by atoms with van der Waals surface area (Å²) in [4.78, 5) is 11.4. The van der Waals surface area contributed by atoms with E-state index in [1.807, 2.05) is 13.0 Å². The van der Waals surface area contributed by atoms with Gasteiger partial charge in [-0.15, -0.1) is 0 Å². The number of aryl methyl sites for hydroxylation is 1. The Labute approximate surface area is 110 Å². The molecule has 0 radical (unpaired) electrons. The molecule has 0 bridgehead atoms. The number of rotatable bonds is 3. The average Bonchev–Trinajstić information content (AvgIpc) is 2.74. The monoisotopic (exact) mass is 260 g/mol. The van der Waals surface area contributed by atoms with Crippen LogP contribution in [0.5, 0.6) is 0 Å². The maximum Gasteiger partial charge on any atom is 0.311 e. The van der Waals surface area contributed by atoms with Gasteiger partial charge in [-0.05, 0) is 24.6 Å². The van der Waals surface area contributed by atoms with E-state index >= 15 is 0 Å². The van der Waals surface area contributed by atoms with Crippen LogP contribution in [0, 0.1) is 6.92 Å². The molecular formula is C13H16N4O2. The highest BCUT2D eigenvalue weighted by atomic mass is 16.5. The number of esters is 1. The van der Waals surface area contributed by atoms with Gasteiger partial charge in [0.2, 0.25) is 0 Å². The quantitative estimate of drug-likeness (QED) is 0.569. The van der Waals surface area contributed by atoms with Crippen LogP contribution in [0.1, 0.15) is 11.4 Å². The van der Waals surface area contributed by atoms with Gasteiger partial charge in [0.15, 0.2) is 0 Å². The molecule has 1 aromatic heterocycles. The third kappa shape index (κ3) is 2.52. The molecule has 0 atom stereocenters. The molecule has 1 aromatic carbocycles. The van der Waals surface area contributed by atoms with Gasteiger partial charge in [0, 0.05) is 11.3 Å². The van der Waals surface area contributed by atoms with Gasteiger partial charge in [-0.3, -0.25) is 9.89 Å². The molecule has 100 valence electrons. The van der Waals surface area contributed by atoms with Gasteiger partial charge in [-0.2, -0.15) is 5.10 Å². The fraction of sp³-hybridized carbons (Fsp3) is 0.231. The van der Waals surface area contributed by atoms with Crippen LogP contribution in [0.3, 0.4) is 0 Å². The molecule has 6 nitrogen and oxygen atoms in total. The molecule has 0 unspecified atom stereocenters. The largest absolute Gasteiger partial charge is 0.469 e. The molecule has 0 aliphatic carbocycles. The number of hydrogen-bond donors (Lipinski definition) is 3. The molecule has 0 fully saturated rings. The highest BCUT2D eigenvalue weighted by Crippen LogP contribution is 2.29. The van der Waals surface area contributed by atoms with E-state index in [1.54, 1.807) is 12.1 Å². The van der Waals surface area contributed by atoms with E-state index in [0.717, 1.165) is 16.8 Å². The van der Waals surface area contributed by atoms with E-state index in [0.29, 0.717) is 17.1 Å². The van der Waals surface area contributed by atoms with Gasteiger partial charge in [0.1, 0.15) is 0 Å². The number of ether oxygens (including phenoxy) is 1. The predicted molar refractivity (Wildman–Crippen MR) is 73.3 cm³/mol. The van der Waals surface area contributed by atoms with Gasteiger partial charge < -0.3 is 16.2 Å². The van der Waals surface area contributed by atoms with E-state index in [2.05, 4.69) is 14.9 Å². The predicted octanol–water partition coefficient (Wildman–Crippen LogP) is 1.27. The summed E-state index contributed by atoms with van der Waals surface area (Å²) in [7, 11) is 1.35. The number of benzene rings is 1. The van der Waals surface area contributed by atoms with Crippen LogP contribution in [0.4, 0.5) is 11.4 Å². The second-order valence-electron chi connectivity index (χ2n) is 4.27. The Morgan fingerprint density at radius 2 is 2.11 bits per heavy atom. The normalized spacial score (nSPS) is 10.4. The minimum absolute atomic E-state index is 0.112. The van der Waals surface area contributed by atoms with Crippen molar-refractivity contribution in [2.24, 2.45) is 0 Å². The van der Waals surface area contributed by atoms with Gasteiger partial charge >= 0.3 is 5.97 Å². The number of nitrogen functional groups attached to an aromatic ring is 2. The lowest BCUT2D eigenvalue weighted by Crippen LogP contribution is -2.06. The van der Waals surface area contributed by atoms with Crippen molar-refractivity contribution >= 4 is 17.3 Å². The number of nitrogens with zero attached hydrogens (tertiary/aromatic N) is 1. The Bertz CT molecular complexity index is 619. The minimum Gasteiger partial charge on any atom is -0.469 e. The summed E-state index contributed by atoms with van der Waals surface area (Å²) < 4.78 is 4.66. The van der Waals surface area contributed by atoms with Crippen molar-refractivity contribution in [3.8, 4) is 11.1 Å². The molecule has 1 heterocycles. The standard InChI is InChI=1S/C13H16N4O2/c1-7-13(8-3-4-9(14)10(15)5-8)11(17-16-7)6-12(18)19-2/h3-5H,6,14-15H2,1-2H3,(H,16,17). The van der Waals surface area contributed by atoms with E-state index < -0.39 is 0 Å². The Kier molecular flexibility index (Phi) is 3.41. The van der Waals surface area contributed by atoms with Crippen molar-refractivity contribution in [3.05, 3.63) is 29.6 Å². The van der Waals surface area contributed by atoms with E-state index in [4.69, 9.17) is 11.5 Å². The zero-order chi connectivity index (χ0) is 14.0. The molecule has 0 saturated carbocycles. The topological polar surface area (TPSA) is 107 Å². The molecule has 0 aliphatic rings. The number of anilines is 2. The Hall–Kier alpha value is -2.50. The lowest BCUT2D eigenvalue weighted by Gasteiger charge is -2.06. The molecule has 0 saturated heterocycles. The first-order valence-corrected chi connectivity index (χ1v) is 5.79. The highest BCUT2D eigenvalue weighted by Gasteiger charge is 2.16. The zero-order valence-corrected chi connectivity index (χ0v) is 10.9. The summed E-state index contributed by atoms with van der Waals surface area (Å²) in [6.45, 7) is 1.88. The van der Waals surface area contributed by atoms with Crippen molar-refractivity contribution in [3.63, 3.8) is 0 Å². The first-order chi connectivity index (χ1) is 9.02. The Morgan fingerprint density at radius 3 is 2.74 bits per heavy atom. The van der Waals surface area contributed by atoms with Crippen molar-refractivity contribution in [1.82, 2.24) is 10.2 Å². The molecule has 6 heteroatoms. The molecule has 2 rings (SSSR count). The summed E-state index contributed by atoms with van der Waals surface area (Å²) in [5.74, 6) is -0.337. The Balaban J connectivity index is 2.46. The van der Waals surface area contributed by atoms with Gasteiger partial charge in [-0.1, -0.05) is 6.07 Å². The second-order valence-corrected chi connectivity index (χ2v) is 4.27. The highest BCUT2D eigenvalue weighted by molar-refractivity contribution is 5.80. The molecular weight excluding hydrogens is 244 g/mol. The third-order valence-electron chi connectivity index (χ3n) is 2.94. The van der Waals surface area contributed by atoms with Crippen LogP contribution >= 0.6 is 0 Å². The molecule has 2 aromatic rings. The fourth-order valence-corrected chi connectivity index (χ4v) is 1.93. The molecule has 0 aliphatic heterocycles. The molecule has 0 spiro atoms. The SMILES string of the molecule is COC(=O)Cc1n[nH]c(C)c1-c1ccc(N)c(N)c1. The number of nitrogens with one attached hydrogen (secondary N) is 1.